The van der Waals surface area contributed by atoms with E-state index in [0.717, 1.165) is 5.69 Å². The Morgan fingerprint density at radius 1 is 1.53 bits per heavy atom. The smallest absolute Gasteiger partial charge is 0.188 e. The highest BCUT2D eigenvalue weighted by atomic mass is 16.4. The largest absolute Gasteiger partial charge is 0.409 e. The van der Waals surface area contributed by atoms with Crippen LogP contribution in [0.15, 0.2) is 23.5 Å². The van der Waals surface area contributed by atoms with Crippen molar-refractivity contribution in [2.24, 2.45) is 10.9 Å². The molecule has 0 amide bonds. The second-order valence-corrected chi connectivity index (χ2v) is 3.59. The summed E-state index contributed by atoms with van der Waals surface area (Å²) in [6, 6.07) is 4.02. The lowest BCUT2D eigenvalue weighted by Crippen LogP contribution is -2.26. The quantitative estimate of drug-likeness (QED) is 0.336. The average molecular weight is 208 g/mol. The second kappa shape index (κ2) is 4.63. The van der Waals surface area contributed by atoms with Gasteiger partial charge in [0.25, 0.3) is 0 Å². The van der Waals surface area contributed by atoms with E-state index in [4.69, 9.17) is 10.9 Å². The standard InChI is InChI=1S/C10H16N4O/c1-7(2)14(3)8-4-5-9(12-6-8)10(11)13-15/h4-7,15H,1-3H3,(H2,11,13). The molecule has 0 atom stereocenters. The van der Waals surface area contributed by atoms with Gasteiger partial charge in [0.05, 0.1) is 11.9 Å². The maximum absolute atomic E-state index is 8.47. The number of rotatable bonds is 3. The Kier molecular flexibility index (Phi) is 3.49. The second-order valence-electron chi connectivity index (χ2n) is 3.59. The number of amidine groups is 1. The first-order valence-corrected chi connectivity index (χ1v) is 4.73. The van der Waals surface area contributed by atoms with E-state index < -0.39 is 0 Å². The Morgan fingerprint density at radius 3 is 2.60 bits per heavy atom. The molecule has 0 spiro atoms. The molecular formula is C10H16N4O. The average Bonchev–Trinajstić information content (AvgIpc) is 2.27. The molecule has 0 fully saturated rings. The Hall–Kier alpha value is -1.78. The summed E-state index contributed by atoms with van der Waals surface area (Å²) in [5, 5.41) is 11.4. The highest BCUT2D eigenvalue weighted by Gasteiger charge is 2.06. The van der Waals surface area contributed by atoms with E-state index in [-0.39, 0.29) is 5.84 Å². The van der Waals surface area contributed by atoms with Crippen LogP contribution in [0.1, 0.15) is 19.5 Å². The van der Waals surface area contributed by atoms with Crippen molar-refractivity contribution in [3.8, 4) is 0 Å². The molecule has 0 saturated carbocycles. The molecular weight excluding hydrogens is 192 g/mol. The number of pyridine rings is 1. The van der Waals surface area contributed by atoms with Crippen LogP contribution in [0.4, 0.5) is 5.69 Å². The van der Waals surface area contributed by atoms with Crippen LogP contribution in [-0.2, 0) is 0 Å². The number of aromatic nitrogens is 1. The first-order chi connectivity index (χ1) is 7.06. The van der Waals surface area contributed by atoms with Crippen LogP contribution in [0.25, 0.3) is 0 Å². The molecule has 0 aromatic carbocycles. The van der Waals surface area contributed by atoms with Crippen LogP contribution in [0, 0.1) is 0 Å². The van der Waals surface area contributed by atoms with Crippen LogP contribution in [-0.4, -0.2) is 29.1 Å². The summed E-state index contributed by atoms with van der Waals surface area (Å²) in [5.41, 5.74) is 6.87. The topological polar surface area (TPSA) is 74.7 Å². The molecule has 3 N–H and O–H groups in total. The third kappa shape index (κ3) is 2.59. The van der Waals surface area contributed by atoms with Gasteiger partial charge in [0, 0.05) is 13.1 Å². The fraction of sp³-hybridized carbons (Fsp3) is 0.400. The van der Waals surface area contributed by atoms with Crippen LogP contribution in [0.5, 0.6) is 0 Å². The lowest BCUT2D eigenvalue weighted by Gasteiger charge is -2.23. The number of anilines is 1. The molecule has 5 heteroatoms. The van der Waals surface area contributed by atoms with E-state index in [2.05, 4.69) is 28.9 Å². The van der Waals surface area contributed by atoms with Gasteiger partial charge in [0.1, 0.15) is 5.69 Å². The Labute approximate surface area is 89.2 Å². The minimum absolute atomic E-state index is 0.0220. The van der Waals surface area contributed by atoms with Gasteiger partial charge in [0.2, 0.25) is 0 Å². The van der Waals surface area contributed by atoms with E-state index >= 15 is 0 Å². The Morgan fingerprint density at radius 2 is 2.20 bits per heavy atom. The summed E-state index contributed by atoms with van der Waals surface area (Å²) < 4.78 is 0. The zero-order valence-electron chi connectivity index (χ0n) is 9.18. The SMILES string of the molecule is CC(C)N(C)c1ccc(/C(N)=N/O)nc1. The van der Waals surface area contributed by atoms with Crippen molar-refractivity contribution in [3.63, 3.8) is 0 Å². The lowest BCUT2D eigenvalue weighted by atomic mass is 10.2. The number of nitrogens with zero attached hydrogens (tertiary/aromatic N) is 3. The molecule has 0 unspecified atom stereocenters. The van der Waals surface area contributed by atoms with Gasteiger partial charge in [-0.2, -0.15) is 0 Å². The zero-order chi connectivity index (χ0) is 11.4. The lowest BCUT2D eigenvalue weighted by molar-refractivity contribution is 0.318. The van der Waals surface area contributed by atoms with E-state index in [9.17, 15) is 0 Å². The number of hydrogen-bond acceptors (Lipinski definition) is 4. The van der Waals surface area contributed by atoms with E-state index in [1.807, 2.05) is 13.1 Å². The Bertz CT molecular complexity index is 345. The van der Waals surface area contributed by atoms with Gasteiger partial charge >= 0.3 is 0 Å². The van der Waals surface area contributed by atoms with Crippen molar-refractivity contribution in [3.05, 3.63) is 24.0 Å². The summed E-state index contributed by atoms with van der Waals surface area (Å²) in [7, 11) is 1.99. The van der Waals surface area contributed by atoms with Gasteiger partial charge in [-0.25, -0.2) is 0 Å². The fourth-order valence-electron chi connectivity index (χ4n) is 1.10. The monoisotopic (exact) mass is 208 g/mol. The van der Waals surface area contributed by atoms with Gasteiger partial charge in [-0.15, -0.1) is 0 Å². The highest BCUT2D eigenvalue weighted by molar-refractivity contribution is 5.95. The van der Waals surface area contributed by atoms with Crippen molar-refractivity contribution in [1.29, 1.82) is 0 Å². The third-order valence-corrected chi connectivity index (χ3v) is 2.30. The molecule has 82 valence electrons. The van der Waals surface area contributed by atoms with Crippen molar-refractivity contribution in [1.82, 2.24) is 4.98 Å². The van der Waals surface area contributed by atoms with E-state index in [0.29, 0.717) is 11.7 Å². The predicted molar refractivity (Wildman–Crippen MR) is 60.3 cm³/mol. The molecule has 15 heavy (non-hydrogen) atoms. The van der Waals surface area contributed by atoms with Gasteiger partial charge in [-0.05, 0) is 26.0 Å². The number of hydrogen-bond donors (Lipinski definition) is 2. The number of nitrogens with two attached hydrogens (primary N) is 1. The molecule has 0 aliphatic heterocycles. The minimum Gasteiger partial charge on any atom is -0.409 e. The minimum atomic E-state index is 0.0220. The molecule has 1 heterocycles. The van der Waals surface area contributed by atoms with Gasteiger partial charge in [-0.1, -0.05) is 5.16 Å². The molecule has 1 rings (SSSR count). The maximum atomic E-state index is 8.47. The highest BCUT2D eigenvalue weighted by Crippen LogP contribution is 2.13. The van der Waals surface area contributed by atoms with Gasteiger partial charge in [0.15, 0.2) is 5.84 Å². The molecule has 1 aromatic heterocycles. The Balaban J connectivity index is 2.90. The molecule has 1 aromatic rings. The molecule has 0 saturated heterocycles. The molecule has 5 nitrogen and oxygen atoms in total. The summed E-state index contributed by atoms with van der Waals surface area (Å²) in [5.74, 6) is 0.0220. The van der Waals surface area contributed by atoms with Crippen LogP contribution in [0.3, 0.4) is 0 Å². The van der Waals surface area contributed by atoms with Crippen LogP contribution >= 0.6 is 0 Å². The van der Waals surface area contributed by atoms with E-state index in [1.54, 1.807) is 12.3 Å². The van der Waals surface area contributed by atoms with E-state index in [1.165, 1.54) is 0 Å². The van der Waals surface area contributed by atoms with Crippen molar-refractivity contribution >= 4 is 11.5 Å². The predicted octanol–water partition coefficient (Wildman–Crippen LogP) is 1.02. The number of oxime groups is 1. The summed E-state index contributed by atoms with van der Waals surface area (Å²) >= 11 is 0. The molecule has 0 aliphatic carbocycles. The summed E-state index contributed by atoms with van der Waals surface area (Å²) in [4.78, 5) is 6.18. The molecule has 0 radical (unpaired) electrons. The fourth-order valence-corrected chi connectivity index (χ4v) is 1.10. The van der Waals surface area contributed by atoms with Gasteiger partial charge < -0.3 is 15.8 Å². The van der Waals surface area contributed by atoms with Crippen molar-refractivity contribution < 1.29 is 5.21 Å². The normalized spacial score (nSPS) is 11.9. The first kappa shape index (κ1) is 11.3. The van der Waals surface area contributed by atoms with Crippen molar-refractivity contribution in [2.45, 2.75) is 19.9 Å². The molecule has 0 bridgehead atoms. The third-order valence-electron chi connectivity index (χ3n) is 2.30. The molecule has 0 aliphatic rings. The first-order valence-electron chi connectivity index (χ1n) is 4.73. The zero-order valence-corrected chi connectivity index (χ0v) is 9.18. The summed E-state index contributed by atoms with van der Waals surface area (Å²) in [6.45, 7) is 4.19. The van der Waals surface area contributed by atoms with Gasteiger partial charge in [-0.3, -0.25) is 4.98 Å². The van der Waals surface area contributed by atoms with Crippen LogP contribution < -0.4 is 10.6 Å². The summed E-state index contributed by atoms with van der Waals surface area (Å²) in [6.07, 6.45) is 1.70. The maximum Gasteiger partial charge on any atom is 0.188 e. The van der Waals surface area contributed by atoms with Crippen molar-refractivity contribution in [2.75, 3.05) is 11.9 Å². The van der Waals surface area contributed by atoms with Crippen LogP contribution in [0.2, 0.25) is 0 Å².